The van der Waals surface area contributed by atoms with Gasteiger partial charge in [-0.1, -0.05) is 92.8 Å². The molecule has 0 spiro atoms. The minimum Gasteiger partial charge on any atom is -0.454 e. The summed E-state index contributed by atoms with van der Waals surface area (Å²) in [6.07, 6.45) is 0. The fraction of sp³-hybridized carbons (Fsp3) is 0. The van der Waals surface area contributed by atoms with Crippen LogP contribution in [0, 0.1) is 0 Å². The molecule has 3 aromatic carbocycles. The van der Waals surface area contributed by atoms with E-state index in [0.29, 0.717) is 0 Å². The molecule has 4 nitrogen and oxygen atoms in total. The first kappa shape index (κ1) is 23.8. The minimum absolute atomic E-state index is 0.0424. The van der Waals surface area contributed by atoms with Crippen LogP contribution in [0.3, 0.4) is 0 Å². The van der Waals surface area contributed by atoms with Crippen molar-refractivity contribution in [1.82, 2.24) is 0 Å². The second-order valence-corrected chi connectivity index (χ2v) is 8.86. The van der Waals surface area contributed by atoms with Crippen LogP contribution in [0.15, 0.2) is 24.3 Å². The van der Waals surface area contributed by atoms with Crippen LogP contribution in [-0.4, -0.2) is 0 Å². The van der Waals surface area contributed by atoms with Crippen molar-refractivity contribution < 1.29 is 9.47 Å². The van der Waals surface area contributed by atoms with Gasteiger partial charge in [0, 0.05) is 29.3 Å². The van der Waals surface area contributed by atoms with Gasteiger partial charge < -0.3 is 20.9 Å². The summed E-state index contributed by atoms with van der Waals surface area (Å²) in [4.78, 5) is 0. The molecule has 0 aliphatic heterocycles. The molecule has 0 saturated carbocycles. The van der Waals surface area contributed by atoms with Crippen molar-refractivity contribution in [2.75, 3.05) is 11.5 Å². The van der Waals surface area contributed by atoms with Gasteiger partial charge in [0.2, 0.25) is 0 Å². The number of halogens is 8. The van der Waals surface area contributed by atoms with Crippen LogP contribution in [0.25, 0.3) is 0 Å². The molecule has 158 valence electrons. The highest BCUT2D eigenvalue weighted by molar-refractivity contribution is 6.47. The zero-order valence-electron chi connectivity index (χ0n) is 14.3. The van der Waals surface area contributed by atoms with Gasteiger partial charge in [0.1, 0.15) is 26.6 Å². The van der Waals surface area contributed by atoms with E-state index in [1.165, 1.54) is 24.3 Å². The molecule has 0 bridgehead atoms. The van der Waals surface area contributed by atoms with Crippen molar-refractivity contribution in [2.24, 2.45) is 0 Å². The third-order valence-corrected chi connectivity index (χ3v) is 6.70. The Hall–Kier alpha value is -0.820. The van der Waals surface area contributed by atoms with Crippen molar-refractivity contribution in [3.8, 4) is 23.0 Å². The number of hydrogen-bond acceptors (Lipinski definition) is 4. The Labute approximate surface area is 211 Å². The Bertz CT molecular complexity index is 1080. The minimum atomic E-state index is 0.0424. The normalized spacial score (nSPS) is 10.9. The second kappa shape index (κ2) is 9.35. The smallest absolute Gasteiger partial charge is 0.151 e. The molecule has 0 amide bonds. The van der Waals surface area contributed by atoms with Gasteiger partial charge in [-0.3, -0.25) is 0 Å². The van der Waals surface area contributed by atoms with Gasteiger partial charge in [0.25, 0.3) is 0 Å². The number of nitrogen functional groups attached to an aromatic ring is 2. The second-order valence-electron chi connectivity index (χ2n) is 5.72. The molecule has 0 aliphatic carbocycles. The molecule has 3 aromatic rings. The van der Waals surface area contributed by atoms with E-state index >= 15 is 0 Å². The highest BCUT2D eigenvalue weighted by Gasteiger charge is 2.20. The summed E-state index contributed by atoms with van der Waals surface area (Å²) in [5.41, 5.74) is 11.8. The summed E-state index contributed by atoms with van der Waals surface area (Å²) in [6, 6.07) is 5.65. The maximum Gasteiger partial charge on any atom is 0.151 e. The van der Waals surface area contributed by atoms with Crippen LogP contribution in [0.4, 0.5) is 11.4 Å². The SMILES string of the molecule is Nc1c(Cl)c(Cl)cc(Oc2cc(Cl)cc(Oc3cc(Cl)c(Cl)c(N)c3Cl)c2Cl)c1Cl. The van der Waals surface area contributed by atoms with Crippen molar-refractivity contribution in [1.29, 1.82) is 0 Å². The van der Waals surface area contributed by atoms with E-state index in [4.69, 9.17) is 114 Å². The fourth-order valence-electron chi connectivity index (χ4n) is 2.27. The third-order valence-electron chi connectivity index (χ3n) is 3.72. The summed E-state index contributed by atoms with van der Waals surface area (Å²) >= 11 is 49.0. The van der Waals surface area contributed by atoms with Gasteiger partial charge in [0.05, 0.1) is 31.5 Å². The van der Waals surface area contributed by atoms with E-state index in [0.717, 1.165) is 0 Å². The third kappa shape index (κ3) is 4.67. The van der Waals surface area contributed by atoms with E-state index in [1.54, 1.807) is 0 Å². The molecule has 0 unspecified atom stereocenters. The molecule has 4 N–H and O–H groups in total. The van der Waals surface area contributed by atoms with Crippen LogP contribution in [0.1, 0.15) is 0 Å². The Morgan fingerprint density at radius 2 is 0.800 bits per heavy atom. The number of hydrogen-bond donors (Lipinski definition) is 2. The molecular weight excluding hydrogens is 560 g/mol. The average molecular weight is 568 g/mol. The van der Waals surface area contributed by atoms with E-state index < -0.39 is 0 Å². The van der Waals surface area contributed by atoms with Crippen LogP contribution >= 0.6 is 92.8 Å². The zero-order chi connectivity index (χ0) is 22.3. The maximum absolute atomic E-state index is 6.43. The first-order valence-corrected chi connectivity index (χ1v) is 10.7. The summed E-state index contributed by atoms with van der Waals surface area (Å²) < 4.78 is 11.5. The number of nitrogens with two attached hydrogens (primary N) is 2. The summed E-state index contributed by atoms with van der Waals surface area (Å²) in [5.74, 6) is 0.414. The quantitative estimate of drug-likeness (QED) is 0.243. The van der Waals surface area contributed by atoms with E-state index in [1.807, 2.05) is 0 Å². The van der Waals surface area contributed by atoms with Crippen molar-refractivity contribution in [3.63, 3.8) is 0 Å². The Morgan fingerprint density at radius 1 is 0.467 bits per heavy atom. The number of ether oxygens (including phenoxy) is 2. The number of rotatable bonds is 4. The first-order valence-electron chi connectivity index (χ1n) is 7.72. The standard InChI is InChI=1S/C18H8Cl8N2O2/c19-5-1-8(29-10-3-6(20)12(22)17(27)15(10)25)14(24)9(2-5)30-11-4-7(21)13(23)18(28)16(11)26/h1-4H,27-28H2. The topological polar surface area (TPSA) is 70.5 Å². The van der Waals surface area contributed by atoms with Gasteiger partial charge in [-0.15, -0.1) is 0 Å². The Morgan fingerprint density at radius 3 is 1.17 bits per heavy atom. The van der Waals surface area contributed by atoms with Crippen LogP contribution < -0.4 is 20.9 Å². The predicted molar refractivity (Wildman–Crippen MR) is 128 cm³/mol. The molecule has 0 heterocycles. The van der Waals surface area contributed by atoms with Crippen molar-refractivity contribution in [3.05, 3.63) is 64.4 Å². The van der Waals surface area contributed by atoms with Gasteiger partial charge in [-0.25, -0.2) is 0 Å². The number of anilines is 2. The van der Waals surface area contributed by atoms with Gasteiger partial charge >= 0.3 is 0 Å². The molecular formula is C18H8Cl8N2O2. The lowest BCUT2D eigenvalue weighted by atomic mass is 10.2. The van der Waals surface area contributed by atoms with Gasteiger partial charge in [-0.05, 0) is 0 Å². The van der Waals surface area contributed by atoms with Crippen molar-refractivity contribution >= 4 is 104 Å². The molecule has 0 radical (unpaired) electrons. The maximum atomic E-state index is 6.43. The highest BCUT2D eigenvalue weighted by Crippen LogP contribution is 2.48. The molecule has 0 aromatic heterocycles. The lowest BCUT2D eigenvalue weighted by Gasteiger charge is -2.16. The predicted octanol–water partition coefficient (Wildman–Crippen LogP) is 9.66. The van der Waals surface area contributed by atoms with Crippen LogP contribution in [0.2, 0.25) is 40.2 Å². The average Bonchev–Trinajstić information content (AvgIpc) is 2.70. The Kier molecular flexibility index (Phi) is 7.43. The van der Waals surface area contributed by atoms with Gasteiger partial charge in [-0.2, -0.15) is 0 Å². The molecule has 30 heavy (non-hydrogen) atoms. The molecule has 0 atom stereocenters. The van der Waals surface area contributed by atoms with Crippen molar-refractivity contribution in [2.45, 2.75) is 0 Å². The molecule has 0 fully saturated rings. The van der Waals surface area contributed by atoms with E-state index in [-0.39, 0.29) is 74.6 Å². The van der Waals surface area contributed by atoms with E-state index in [2.05, 4.69) is 0 Å². The molecule has 0 aliphatic rings. The molecule has 12 heteroatoms. The monoisotopic (exact) mass is 564 g/mol. The molecule has 0 saturated heterocycles. The fourth-order valence-corrected chi connectivity index (χ4v) is 3.83. The molecule has 3 rings (SSSR count). The lowest BCUT2D eigenvalue weighted by molar-refractivity contribution is 0.461. The summed E-state index contributed by atoms with van der Waals surface area (Å²) in [6.45, 7) is 0. The summed E-state index contributed by atoms with van der Waals surface area (Å²) in [7, 11) is 0. The lowest BCUT2D eigenvalue weighted by Crippen LogP contribution is -1.96. The van der Waals surface area contributed by atoms with Crippen LogP contribution in [0.5, 0.6) is 23.0 Å². The number of benzene rings is 3. The summed E-state index contributed by atoms with van der Waals surface area (Å²) in [5, 5.41) is 0.844. The first-order chi connectivity index (χ1) is 14.0. The largest absolute Gasteiger partial charge is 0.454 e. The zero-order valence-corrected chi connectivity index (χ0v) is 20.4. The Balaban J connectivity index is 2.04. The van der Waals surface area contributed by atoms with Gasteiger partial charge in [0.15, 0.2) is 11.5 Å². The van der Waals surface area contributed by atoms with Crippen LogP contribution in [-0.2, 0) is 0 Å². The van der Waals surface area contributed by atoms with E-state index in [9.17, 15) is 0 Å². The highest BCUT2D eigenvalue weighted by atomic mass is 35.5.